The molecule has 1 aliphatic rings. The van der Waals surface area contributed by atoms with Crippen LogP contribution in [0.3, 0.4) is 0 Å². The normalized spacial score (nSPS) is 19.4. The first-order valence-corrected chi connectivity index (χ1v) is 8.39. The van der Waals surface area contributed by atoms with Gasteiger partial charge in [-0.1, -0.05) is 6.42 Å². The molecule has 20 heavy (non-hydrogen) atoms. The average Bonchev–Trinajstić information content (AvgIpc) is 2.93. The van der Waals surface area contributed by atoms with Gasteiger partial charge in [0.1, 0.15) is 5.76 Å². The molecule has 0 aromatic carbocycles. The van der Waals surface area contributed by atoms with Crippen LogP contribution in [0.15, 0.2) is 22.8 Å². The Hall–Kier alpha value is -0.890. The number of rotatable bonds is 6. The Morgan fingerprint density at radius 2 is 2.05 bits per heavy atom. The quantitative estimate of drug-likeness (QED) is 0.857. The maximum Gasteiger partial charge on any atom is 0.279 e. The topological polar surface area (TPSA) is 65.8 Å². The maximum atomic E-state index is 12.2. The molecule has 1 fully saturated rings. The van der Waals surface area contributed by atoms with Crippen LogP contribution in [0, 0.1) is 0 Å². The van der Waals surface area contributed by atoms with Crippen molar-refractivity contribution in [2.24, 2.45) is 0 Å². The highest BCUT2D eigenvalue weighted by atomic mass is 32.2. The minimum Gasteiger partial charge on any atom is -0.468 e. The lowest BCUT2D eigenvalue weighted by Gasteiger charge is -2.28. The van der Waals surface area contributed by atoms with Crippen molar-refractivity contribution in [1.82, 2.24) is 13.9 Å². The van der Waals surface area contributed by atoms with Crippen molar-refractivity contribution >= 4 is 10.2 Å². The number of furan rings is 1. The van der Waals surface area contributed by atoms with Crippen LogP contribution < -0.4 is 4.72 Å². The Morgan fingerprint density at radius 3 is 2.60 bits per heavy atom. The fourth-order valence-electron chi connectivity index (χ4n) is 2.40. The van der Waals surface area contributed by atoms with Gasteiger partial charge in [0, 0.05) is 19.6 Å². The summed E-state index contributed by atoms with van der Waals surface area (Å²) in [5, 5.41) is 0. The minimum absolute atomic E-state index is 0.107. The van der Waals surface area contributed by atoms with Crippen LogP contribution in [0.5, 0.6) is 0 Å². The molecule has 6 nitrogen and oxygen atoms in total. The fourth-order valence-corrected chi connectivity index (χ4v) is 3.69. The summed E-state index contributed by atoms with van der Waals surface area (Å²) in [5.74, 6) is 0.761. The summed E-state index contributed by atoms with van der Waals surface area (Å²) < 4.78 is 34.1. The van der Waals surface area contributed by atoms with Crippen molar-refractivity contribution in [3.63, 3.8) is 0 Å². The fraction of sp³-hybridized carbons (Fsp3) is 0.692. The highest BCUT2D eigenvalue weighted by molar-refractivity contribution is 7.87. The predicted octanol–water partition coefficient (Wildman–Crippen LogP) is 1.20. The van der Waals surface area contributed by atoms with Gasteiger partial charge in [-0.25, -0.2) is 4.72 Å². The molecular weight excluding hydrogens is 278 g/mol. The van der Waals surface area contributed by atoms with Crippen molar-refractivity contribution in [3.8, 4) is 0 Å². The summed E-state index contributed by atoms with van der Waals surface area (Å²) in [6.07, 6.45) is 4.59. The lowest BCUT2D eigenvalue weighted by molar-refractivity contribution is 0.256. The molecule has 1 atom stereocenters. The number of hydrogen-bond acceptors (Lipinski definition) is 4. The molecule has 1 aromatic heterocycles. The van der Waals surface area contributed by atoms with Gasteiger partial charge in [0.25, 0.3) is 10.2 Å². The molecule has 0 unspecified atom stereocenters. The largest absolute Gasteiger partial charge is 0.468 e. The molecule has 0 spiro atoms. The summed E-state index contributed by atoms with van der Waals surface area (Å²) in [7, 11) is 0.422. The summed E-state index contributed by atoms with van der Waals surface area (Å²) >= 11 is 0. The Kier molecular flexibility index (Phi) is 5.20. The van der Waals surface area contributed by atoms with Crippen molar-refractivity contribution in [1.29, 1.82) is 0 Å². The molecule has 2 heterocycles. The average molecular weight is 301 g/mol. The van der Waals surface area contributed by atoms with Gasteiger partial charge in [-0.3, -0.25) is 4.90 Å². The van der Waals surface area contributed by atoms with Crippen molar-refractivity contribution in [2.45, 2.75) is 25.3 Å². The first kappa shape index (κ1) is 15.5. The number of nitrogens with one attached hydrogen (secondary N) is 1. The van der Waals surface area contributed by atoms with Gasteiger partial charge >= 0.3 is 0 Å². The lowest BCUT2D eigenvalue weighted by Crippen LogP contribution is -2.45. The van der Waals surface area contributed by atoms with E-state index in [0.717, 1.165) is 25.0 Å². The predicted molar refractivity (Wildman–Crippen MR) is 77.5 cm³/mol. The second kappa shape index (κ2) is 6.71. The maximum absolute atomic E-state index is 12.2. The third-order valence-corrected chi connectivity index (χ3v) is 5.19. The number of hydrogen-bond donors (Lipinski definition) is 1. The Bertz CT molecular complexity index is 493. The molecule has 0 amide bonds. The van der Waals surface area contributed by atoms with Crippen LogP contribution in [-0.2, 0) is 10.2 Å². The molecule has 0 aliphatic carbocycles. The molecule has 7 heteroatoms. The molecule has 1 N–H and O–H groups in total. The number of likely N-dealkylation sites (N-methyl/N-ethyl adjacent to an activating group) is 1. The van der Waals surface area contributed by atoms with Gasteiger partial charge in [0.05, 0.1) is 12.3 Å². The van der Waals surface area contributed by atoms with E-state index < -0.39 is 10.2 Å². The van der Waals surface area contributed by atoms with Crippen LogP contribution in [-0.4, -0.2) is 51.4 Å². The van der Waals surface area contributed by atoms with E-state index >= 15 is 0 Å². The smallest absolute Gasteiger partial charge is 0.279 e. The standard InChI is InChI=1S/C13H23N3O3S/c1-15(2)12(13-7-6-10-19-13)11-14-20(17,18)16-8-4-3-5-9-16/h6-7,10,12,14H,3-5,8-9,11H2,1-2H3/t12-/m0/s1. The van der Waals surface area contributed by atoms with E-state index in [4.69, 9.17) is 4.42 Å². The lowest BCUT2D eigenvalue weighted by atomic mass is 10.2. The van der Waals surface area contributed by atoms with Crippen molar-refractivity contribution in [2.75, 3.05) is 33.7 Å². The molecule has 0 radical (unpaired) electrons. The Morgan fingerprint density at radius 1 is 1.35 bits per heavy atom. The van der Waals surface area contributed by atoms with Crippen LogP contribution in [0.25, 0.3) is 0 Å². The van der Waals surface area contributed by atoms with Gasteiger partial charge in [0.15, 0.2) is 0 Å². The monoisotopic (exact) mass is 301 g/mol. The first-order chi connectivity index (χ1) is 9.50. The third-order valence-electron chi connectivity index (χ3n) is 3.61. The van der Waals surface area contributed by atoms with Gasteiger partial charge in [-0.2, -0.15) is 12.7 Å². The van der Waals surface area contributed by atoms with E-state index in [9.17, 15) is 8.42 Å². The summed E-state index contributed by atoms with van der Waals surface area (Å²) in [6.45, 7) is 1.53. The van der Waals surface area contributed by atoms with Gasteiger partial charge in [-0.05, 0) is 39.1 Å². The van der Waals surface area contributed by atoms with Crippen LogP contribution >= 0.6 is 0 Å². The van der Waals surface area contributed by atoms with Crippen LogP contribution in [0.4, 0.5) is 0 Å². The molecule has 2 rings (SSSR count). The summed E-state index contributed by atoms with van der Waals surface area (Å²) in [6, 6.07) is 3.56. The van der Waals surface area contributed by atoms with Gasteiger partial charge in [0.2, 0.25) is 0 Å². The van der Waals surface area contributed by atoms with E-state index in [2.05, 4.69) is 4.72 Å². The van der Waals surface area contributed by atoms with Crippen LogP contribution in [0.2, 0.25) is 0 Å². The molecule has 1 saturated heterocycles. The van der Waals surface area contributed by atoms with E-state index in [1.165, 1.54) is 4.31 Å². The third kappa shape index (κ3) is 3.82. The van der Waals surface area contributed by atoms with Crippen molar-refractivity contribution in [3.05, 3.63) is 24.2 Å². The van der Waals surface area contributed by atoms with E-state index in [1.54, 1.807) is 6.26 Å². The van der Waals surface area contributed by atoms with Gasteiger partial charge in [-0.15, -0.1) is 0 Å². The molecule has 1 aromatic rings. The Balaban J connectivity index is 1.98. The number of nitrogens with zero attached hydrogens (tertiary/aromatic N) is 2. The SMILES string of the molecule is CN(C)[C@@H](CNS(=O)(=O)N1CCCCC1)c1ccco1. The minimum atomic E-state index is -3.39. The highest BCUT2D eigenvalue weighted by Crippen LogP contribution is 2.19. The van der Waals surface area contributed by atoms with Gasteiger partial charge < -0.3 is 4.42 Å². The second-order valence-electron chi connectivity index (χ2n) is 5.31. The Labute approximate surface area is 120 Å². The van der Waals surface area contributed by atoms with E-state index in [0.29, 0.717) is 19.6 Å². The highest BCUT2D eigenvalue weighted by Gasteiger charge is 2.26. The van der Waals surface area contributed by atoms with E-state index in [1.807, 2.05) is 31.1 Å². The molecular formula is C13H23N3O3S. The molecule has 1 aliphatic heterocycles. The zero-order valence-electron chi connectivity index (χ0n) is 12.1. The van der Waals surface area contributed by atoms with E-state index in [-0.39, 0.29) is 6.04 Å². The zero-order valence-corrected chi connectivity index (χ0v) is 12.9. The number of piperidine rings is 1. The summed E-state index contributed by atoms with van der Waals surface area (Å²) in [5.41, 5.74) is 0. The first-order valence-electron chi connectivity index (χ1n) is 6.95. The van der Waals surface area contributed by atoms with Crippen LogP contribution in [0.1, 0.15) is 31.1 Å². The molecule has 0 bridgehead atoms. The second-order valence-corrected chi connectivity index (χ2v) is 7.06. The summed E-state index contributed by atoms with van der Waals surface area (Å²) in [4.78, 5) is 1.94. The van der Waals surface area contributed by atoms with Crippen molar-refractivity contribution < 1.29 is 12.8 Å². The molecule has 114 valence electrons. The molecule has 0 saturated carbocycles. The zero-order chi connectivity index (χ0) is 14.6.